The molecule has 3 heterocycles. The highest BCUT2D eigenvalue weighted by Crippen LogP contribution is 2.34. The van der Waals surface area contributed by atoms with E-state index in [2.05, 4.69) is 15.1 Å². The van der Waals surface area contributed by atoms with Crippen LogP contribution in [0.3, 0.4) is 0 Å². The molecule has 0 saturated heterocycles. The molecular formula is C23H13Cl3N4O2. The zero-order valence-corrected chi connectivity index (χ0v) is 18.6. The second-order valence-corrected chi connectivity index (χ2v) is 8.26. The van der Waals surface area contributed by atoms with Crippen molar-refractivity contribution in [3.63, 3.8) is 0 Å². The van der Waals surface area contributed by atoms with E-state index in [0.29, 0.717) is 27.5 Å². The summed E-state index contributed by atoms with van der Waals surface area (Å²) in [5.74, 6) is -0.392. The molecule has 0 aliphatic heterocycles. The molecule has 0 bridgehead atoms. The van der Waals surface area contributed by atoms with E-state index in [-0.39, 0.29) is 22.4 Å². The summed E-state index contributed by atoms with van der Waals surface area (Å²) >= 11 is 19.0. The summed E-state index contributed by atoms with van der Waals surface area (Å²) in [5, 5.41) is 5.88. The highest BCUT2D eigenvalue weighted by molar-refractivity contribution is 6.37. The lowest BCUT2D eigenvalue weighted by Gasteiger charge is -2.08. The van der Waals surface area contributed by atoms with Crippen LogP contribution in [0, 0.1) is 0 Å². The fourth-order valence-corrected chi connectivity index (χ4v) is 4.11. The predicted molar refractivity (Wildman–Crippen MR) is 123 cm³/mol. The van der Waals surface area contributed by atoms with Gasteiger partial charge in [0.1, 0.15) is 5.15 Å². The Morgan fingerprint density at radius 1 is 1.00 bits per heavy atom. The van der Waals surface area contributed by atoms with Crippen LogP contribution in [-0.2, 0) is 6.54 Å². The molecule has 0 spiro atoms. The van der Waals surface area contributed by atoms with Crippen molar-refractivity contribution in [3.05, 3.63) is 99.2 Å². The number of halogens is 3. The van der Waals surface area contributed by atoms with Crippen LogP contribution in [0.4, 0.5) is 0 Å². The lowest BCUT2D eigenvalue weighted by Crippen LogP contribution is -2.04. The van der Waals surface area contributed by atoms with Crippen molar-refractivity contribution in [2.45, 2.75) is 6.54 Å². The summed E-state index contributed by atoms with van der Waals surface area (Å²) in [6.07, 6.45) is 3.22. The fourth-order valence-electron chi connectivity index (χ4n) is 3.47. The van der Waals surface area contributed by atoms with E-state index in [1.54, 1.807) is 48.8 Å². The Labute approximate surface area is 197 Å². The van der Waals surface area contributed by atoms with Crippen molar-refractivity contribution in [2.24, 2.45) is 0 Å². The molecule has 9 heteroatoms. The molecule has 0 N–H and O–H groups in total. The normalized spacial score (nSPS) is 11.2. The number of ketones is 1. The molecule has 0 fully saturated rings. The first-order valence-corrected chi connectivity index (χ1v) is 10.6. The third kappa shape index (κ3) is 3.77. The van der Waals surface area contributed by atoms with Gasteiger partial charge in [0.2, 0.25) is 5.82 Å². The number of rotatable bonds is 5. The van der Waals surface area contributed by atoms with Crippen molar-refractivity contribution in [1.29, 1.82) is 0 Å². The Bertz CT molecular complexity index is 1440. The minimum absolute atomic E-state index is 0.170. The first-order chi connectivity index (χ1) is 15.5. The molecule has 0 unspecified atom stereocenters. The van der Waals surface area contributed by atoms with Gasteiger partial charge in [-0.3, -0.25) is 9.78 Å². The van der Waals surface area contributed by atoms with Crippen molar-refractivity contribution in [1.82, 2.24) is 19.7 Å². The largest absolute Gasteiger partial charge is 0.330 e. The Balaban J connectivity index is 1.60. The van der Waals surface area contributed by atoms with Gasteiger partial charge in [-0.25, -0.2) is 0 Å². The molecule has 2 aromatic carbocycles. The van der Waals surface area contributed by atoms with E-state index in [1.165, 1.54) is 0 Å². The lowest BCUT2D eigenvalue weighted by molar-refractivity contribution is 0.0995. The molecule has 5 aromatic rings. The molecular weight excluding hydrogens is 471 g/mol. The second-order valence-electron chi connectivity index (χ2n) is 7.03. The van der Waals surface area contributed by atoms with Gasteiger partial charge in [-0.2, -0.15) is 4.98 Å². The Morgan fingerprint density at radius 2 is 1.78 bits per heavy atom. The second kappa shape index (κ2) is 8.39. The van der Waals surface area contributed by atoms with Gasteiger partial charge in [0.05, 0.1) is 11.1 Å². The SMILES string of the molecule is O=C(c1nc(-c2cccnc2)no1)c1c(Cl)n(Cc2ccc(Cl)cc2)c2ccc(Cl)cc12. The molecule has 0 aliphatic rings. The Hall–Kier alpha value is -3.19. The number of benzene rings is 2. The maximum atomic E-state index is 13.4. The minimum Gasteiger partial charge on any atom is -0.330 e. The quantitative estimate of drug-likeness (QED) is 0.273. The molecule has 5 rings (SSSR count). The van der Waals surface area contributed by atoms with Gasteiger partial charge in [0.25, 0.3) is 11.7 Å². The maximum absolute atomic E-state index is 13.4. The summed E-state index contributed by atoms with van der Waals surface area (Å²) in [4.78, 5) is 21.7. The molecule has 0 atom stereocenters. The van der Waals surface area contributed by atoms with Crippen LogP contribution in [0.1, 0.15) is 21.8 Å². The molecule has 32 heavy (non-hydrogen) atoms. The summed E-state index contributed by atoms with van der Waals surface area (Å²) in [6.45, 7) is 0.437. The average molecular weight is 484 g/mol. The molecule has 6 nitrogen and oxygen atoms in total. The number of carbonyl (C=O) groups excluding carboxylic acids is 1. The van der Waals surface area contributed by atoms with E-state index >= 15 is 0 Å². The number of hydrogen-bond acceptors (Lipinski definition) is 5. The van der Waals surface area contributed by atoms with Crippen LogP contribution in [0.2, 0.25) is 15.2 Å². The average Bonchev–Trinajstić information content (AvgIpc) is 3.39. The van der Waals surface area contributed by atoms with Gasteiger partial charge >= 0.3 is 0 Å². The summed E-state index contributed by atoms with van der Waals surface area (Å²) in [6, 6.07) is 16.2. The van der Waals surface area contributed by atoms with Crippen molar-refractivity contribution < 1.29 is 9.32 Å². The maximum Gasteiger partial charge on any atom is 0.299 e. The van der Waals surface area contributed by atoms with Crippen molar-refractivity contribution >= 4 is 51.5 Å². The summed E-state index contributed by atoms with van der Waals surface area (Å²) < 4.78 is 7.09. The third-order valence-corrected chi connectivity index (χ3v) is 5.86. The molecule has 0 amide bonds. The van der Waals surface area contributed by atoms with Crippen LogP contribution in [0.15, 0.2) is 71.5 Å². The highest BCUT2D eigenvalue weighted by atomic mass is 35.5. The fraction of sp³-hybridized carbons (Fsp3) is 0.0435. The Morgan fingerprint density at radius 3 is 2.53 bits per heavy atom. The van der Waals surface area contributed by atoms with Gasteiger partial charge in [-0.05, 0) is 48.0 Å². The molecule has 158 valence electrons. The number of fused-ring (bicyclic) bond motifs is 1. The van der Waals surface area contributed by atoms with E-state index in [0.717, 1.165) is 11.1 Å². The van der Waals surface area contributed by atoms with E-state index in [1.807, 2.05) is 22.8 Å². The molecule has 0 saturated carbocycles. The number of carbonyl (C=O) groups is 1. The molecule has 0 radical (unpaired) electrons. The van der Waals surface area contributed by atoms with Gasteiger partial charge in [-0.15, -0.1) is 0 Å². The topological polar surface area (TPSA) is 73.8 Å². The van der Waals surface area contributed by atoms with E-state index in [9.17, 15) is 4.79 Å². The van der Waals surface area contributed by atoms with Crippen LogP contribution in [0.25, 0.3) is 22.3 Å². The van der Waals surface area contributed by atoms with Crippen LogP contribution in [-0.4, -0.2) is 25.5 Å². The van der Waals surface area contributed by atoms with Crippen LogP contribution < -0.4 is 0 Å². The number of aromatic nitrogens is 4. The summed E-state index contributed by atoms with van der Waals surface area (Å²) in [5.41, 5.74) is 2.61. The first-order valence-electron chi connectivity index (χ1n) is 9.52. The number of nitrogens with zero attached hydrogens (tertiary/aromatic N) is 4. The first kappa shape index (κ1) is 20.7. The number of hydrogen-bond donors (Lipinski definition) is 0. The summed E-state index contributed by atoms with van der Waals surface area (Å²) in [7, 11) is 0. The van der Waals surface area contributed by atoms with Gasteiger partial charge in [-0.1, -0.05) is 52.1 Å². The van der Waals surface area contributed by atoms with Crippen LogP contribution >= 0.6 is 34.8 Å². The van der Waals surface area contributed by atoms with E-state index < -0.39 is 5.78 Å². The number of pyridine rings is 1. The smallest absolute Gasteiger partial charge is 0.299 e. The molecule has 3 aromatic heterocycles. The monoisotopic (exact) mass is 482 g/mol. The Kier molecular flexibility index (Phi) is 5.43. The highest BCUT2D eigenvalue weighted by Gasteiger charge is 2.27. The van der Waals surface area contributed by atoms with Gasteiger partial charge < -0.3 is 9.09 Å². The minimum atomic E-state index is -0.486. The van der Waals surface area contributed by atoms with Gasteiger partial charge in [0.15, 0.2) is 0 Å². The third-order valence-electron chi connectivity index (χ3n) is 4.98. The zero-order valence-electron chi connectivity index (χ0n) is 16.3. The van der Waals surface area contributed by atoms with Crippen molar-refractivity contribution in [2.75, 3.05) is 0 Å². The van der Waals surface area contributed by atoms with Crippen LogP contribution in [0.5, 0.6) is 0 Å². The van der Waals surface area contributed by atoms with E-state index in [4.69, 9.17) is 39.3 Å². The lowest BCUT2D eigenvalue weighted by atomic mass is 10.1. The van der Waals surface area contributed by atoms with Gasteiger partial charge in [0, 0.05) is 39.9 Å². The zero-order chi connectivity index (χ0) is 22.2. The molecule has 0 aliphatic carbocycles. The standard InChI is InChI=1S/C23H13Cl3N4O2/c24-15-5-3-13(4-6-15)12-30-18-8-7-16(25)10-17(18)19(21(30)26)20(31)23-28-22(29-32-23)14-2-1-9-27-11-14/h1-11H,12H2. The predicted octanol–water partition coefficient (Wildman–Crippen LogP) is 6.33. The van der Waals surface area contributed by atoms with Crippen molar-refractivity contribution in [3.8, 4) is 11.4 Å².